The molecule has 0 unspecified atom stereocenters. The number of methoxy groups -OCH3 is 1. The number of hydrogen-bond donors (Lipinski definition) is 0. The number of hydrogen-bond acceptors (Lipinski definition) is 4. The van der Waals surface area contributed by atoms with Crippen LogP contribution in [-0.2, 0) is 0 Å². The number of aryl methyl sites for hydroxylation is 1. The zero-order chi connectivity index (χ0) is 15.7. The number of thiazole rings is 1. The molecule has 0 spiro atoms. The molecule has 0 aliphatic carbocycles. The number of amides is 1. The first kappa shape index (κ1) is 14.5. The van der Waals surface area contributed by atoms with Crippen LogP contribution >= 0.6 is 11.3 Å². The number of rotatable bonds is 3. The third kappa shape index (κ3) is 2.67. The monoisotopic (exact) mass is 312 g/mol. The van der Waals surface area contributed by atoms with E-state index >= 15 is 0 Å². The molecule has 0 bridgehead atoms. The summed E-state index contributed by atoms with van der Waals surface area (Å²) in [4.78, 5) is 18.7. The van der Waals surface area contributed by atoms with Gasteiger partial charge in [-0.15, -0.1) is 11.3 Å². The topological polar surface area (TPSA) is 42.4 Å². The smallest absolute Gasteiger partial charge is 0.258 e. The van der Waals surface area contributed by atoms with Crippen molar-refractivity contribution in [3.05, 3.63) is 53.0 Å². The molecule has 0 radical (unpaired) electrons. The number of carbonyl (C=O) groups is 1. The van der Waals surface area contributed by atoms with Crippen LogP contribution in [0.2, 0.25) is 0 Å². The summed E-state index contributed by atoms with van der Waals surface area (Å²) in [6.07, 6.45) is 0. The second-order valence-electron chi connectivity index (χ2n) is 4.98. The largest absolute Gasteiger partial charge is 0.497 e. The predicted molar refractivity (Wildman–Crippen MR) is 90.1 cm³/mol. The number of carbonyl (C=O) groups excluding carboxylic acids is 1. The molecule has 112 valence electrons. The lowest BCUT2D eigenvalue weighted by Gasteiger charge is -2.17. The summed E-state index contributed by atoms with van der Waals surface area (Å²) in [7, 11) is 3.38. The Kier molecular flexibility index (Phi) is 3.81. The molecule has 4 nitrogen and oxygen atoms in total. The van der Waals surface area contributed by atoms with E-state index in [0.29, 0.717) is 5.56 Å². The van der Waals surface area contributed by atoms with Crippen molar-refractivity contribution in [1.82, 2.24) is 4.98 Å². The summed E-state index contributed by atoms with van der Waals surface area (Å²) in [5.41, 5.74) is 2.33. The molecule has 22 heavy (non-hydrogen) atoms. The van der Waals surface area contributed by atoms with Crippen LogP contribution < -0.4 is 9.64 Å². The Morgan fingerprint density at radius 1 is 1.18 bits per heavy atom. The molecule has 0 aliphatic heterocycles. The molecule has 0 N–H and O–H groups in total. The van der Waals surface area contributed by atoms with Gasteiger partial charge in [-0.05, 0) is 49.4 Å². The van der Waals surface area contributed by atoms with Crippen molar-refractivity contribution < 1.29 is 9.53 Å². The minimum Gasteiger partial charge on any atom is -0.497 e. The summed E-state index contributed by atoms with van der Waals surface area (Å²) in [5.74, 6) is 0.710. The van der Waals surface area contributed by atoms with Crippen LogP contribution in [0.25, 0.3) is 10.2 Å². The van der Waals surface area contributed by atoms with E-state index in [1.165, 1.54) is 0 Å². The van der Waals surface area contributed by atoms with Crippen LogP contribution in [0.5, 0.6) is 5.75 Å². The summed E-state index contributed by atoms with van der Waals surface area (Å²) in [5, 5.41) is 1.00. The average molecular weight is 312 g/mol. The van der Waals surface area contributed by atoms with Crippen molar-refractivity contribution in [2.75, 3.05) is 19.1 Å². The van der Waals surface area contributed by atoms with Gasteiger partial charge in [-0.25, -0.2) is 4.98 Å². The number of anilines is 1. The summed E-state index contributed by atoms with van der Waals surface area (Å²) < 4.78 is 6.23. The van der Waals surface area contributed by atoms with E-state index in [1.807, 2.05) is 49.4 Å². The zero-order valence-electron chi connectivity index (χ0n) is 12.7. The van der Waals surface area contributed by atoms with E-state index in [4.69, 9.17) is 4.74 Å². The van der Waals surface area contributed by atoms with E-state index in [-0.39, 0.29) is 5.91 Å². The van der Waals surface area contributed by atoms with Gasteiger partial charge in [-0.3, -0.25) is 4.79 Å². The maximum Gasteiger partial charge on any atom is 0.258 e. The van der Waals surface area contributed by atoms with Gasteiger partial charge in [0, 0.05) is 18.3 Å². The van der Waals surface area contributed by atoms with Gasteiger partial charge < -0.3 is 9.64 Å². The van der Waals surface area contributed by atoms with Crippen LogP contribution in [-0.4, -0.2) is 25.0 Å². The highest BCUT2D eigenvalue weighted by molar-refractivity contribution is 7.18. The standard InChI is InChI=1S/C17H16N2O2S/c1-11-18-15-10-12(4-9-16(15)22-11)17(20)19(2)13-5-7-14(21-3)8-6-13/h4-10H,1-3H3. The lowest BCUT2D eigenvalue weighted by molar-refractivity contribution is 0.0993. The Morgan fingerprint density at radius 3 is 2.59 bits per heavy atom. The molecule has 1 heterocycles. The molecule has 3 aromatic rings. The van der Waals surface area contributed by atoms with E-state index < -0.39 is 0 Å². The van der Waals surface area contributed by atoms with Gasteiger partial charge in [0.25, 0.3) is 5.91 Å². The van der Waals surface area contributed by atoms with E-state index in [1.54, 1.807) is 30.4 Å². The lowest BCUT2D eigenvalue weighted by Crippen LogP contribution is -2.26. The first-order valence-electron chi connectivity index (χ1n) is 6.88. The number of ether oxygens (including phenoxy) is 1. The summed E-state index contributed by atoms with van der Waals surface area (Å²) in [6.45, 7) is 1.97. The Labute approximate surface area is 133 Å². The van der Waals surface area contributed by atoms with Gasteiger partial charge in [0.15, 0.2) is 0 Å². The first-order valence-corrected chi connectivity index (χ1v) is 7.69. The Hall–Kier alpha value is -2.40. The summed E-state index contributed by atoms with van der Waals surface area (Å²) in [6, 6.07) is 13.1. The Balaban J connectivity index is 1.89. The van der Waals surface area contributed by atoms with Crippen LogP contribution in [0.4, 0.5) is 5.69 Å². The second-order valence-corrected chi connectivity index (χ2v) is 6.21. The zero-order valence-corrected chi connectivity index (χ0v) is 13.5. The highest BCUT2D eigenvalue weighted by Crippen LogP contribution is 2.24. The van der Waals surface area contributed by atoms with Crippen LogP contribution in [0.3, 0.4) is 0 Å². The number of benzene rings is 2. The van der Waals surface area contributed by atoms with Gasteiger partial charge in [0.2, 0.25) is 0 Å². The Bertz CT molecular complexity index is 824. The van der Waals surface area contributed by atoms with Crippen LogP contribution in [0.15, 0.2) is 42.5 Å². The second kappa shape index (κ2) is 5.77. The summed E-state index contributed by atoms with van der Waals surface area (Å²) >= 11 is 1.63. The lowest BCUT2D eigenvalue weighted by atomic mass is 10.1. The molecule has 0 atom stereocenters. The van der Waals surface area contributed by atoms with Gasteiger partial charge in [-0.2, -0.15) is 0 Å². The van der Waals surface area contributed by atoms with Gasteiger partial charge in [0.05, 0.1) is 22.3 Å². The molecule has 1 amide bonds. The van der Waals surface area contributed by atoms with Crippen molar-refractivity contribution in [2.24, 2.45) is 0 Å². The predicted octanol–water partition coefficient (Wildman–Crippen LogP) is 3.89. The van der Waals surface area contributed by atoms with Crippen LogP contribution in [0.1, 0.15) is 15.4 Å². The normalized spacial score (nSPS) is 10.7. The fourth-order valence-corrected chi connectivity index (χ4v) is 3.10. The molecule has 5 heteroatoms. The molecule has 2 aromatic carbocycles. The molecule has 0 fully saturated rings. The Morgan fingerprint density at radius 2 is 1.91 bits per heavy atom. The third-order valence-electron chi connectivity index (χ3n) is 3.51. The molecular formula is C17H16N2O2S. The molecule has 3 rings (SSSR count). The van der Waals surface area contributed by atoms with E-state index in [2.05, 4.69) is 4.98 Å². The van der Waals surface area contributed by atoms with Gasteiger partial charge in [0.1, 0.15) is 5.75 Å². The van der Waals surface area contributed by atoms with Crippen molar-refractivity contribution in [2.45, 2.75) is 6.92 Å². The first-order chi connectivity index (χ1) is 10.6. The molecule has 0 aliphatic rings. The fraction of sp³-hybridized carbons (Fsp3) is 0.176. The van der Waals surface area contributed by atoms with Gasteiger partial charge in [-0.1, -0.05) is 0 Å². The maximum absolute atomic E-state index is 12.6. The van der Waals surface area contributed by atoms with Crippen LogP contribution in [0, 0.1) is 6.92 Å². The van der Waals surface area contributed by atoms with Crippen molar-refractivity contribution >= 4 is 33.1 Å². The number of nitrogens with zero attached hydrogens (tertiary/aromatic N) is 2. The molecule has 0 saturated heterocycles. The molecule has 1 aromatic heterocycles. The van der Waals surface area contributed by atoms with E-state index in [0.717, 1.165) is 26.7 Å². The minimum atomic E-state index is -0.0577. The van der Waals surface area contributed by atoms with Crippen molar-refractivity contribution in [3.8, 4) is 5.75 Å². The minimum absolute atomic E-state index is 0.0577. The fourth-order valence-electron chi connectivity index (χ4n) is 2.29. The maximum atomic E-state index is 12.6. The number of aromatic nitrogens is 1. The molecular weight excluding hydrogens is 296 g/mol. The highest BCUT2D eigenvalue weighted by Gasteiger charge is 2.15. The van der Waals surface area contributed by atoms with Crippen molar-refractivity contribution in [1.29, 1.82) is 0 Å². The quantitative estimate of drug-likeness (QED) is 0.737. The third-order valence-corrected chi connectivity index (χ3v) is 4.46. The van der Waals surface area contributed by atoms with E-state index in [9.17, 15) is 4.79 Å². The van der Waals surface area contributed by atoms with Crippen molar-refractivity contribution in [3.63, 3.8) is 0 Å². The van der Waals surface area contributed by atoms with Gasteiger partial charge >= 0.3 is 0 Å². The highest BCUT2D eigenvalue weighted by atomic mass is 32.1. The number of fused-ring (bicyclic) bond motifs is 1. The average Bonchev–Trinajstić information content (AvgIpc) is 2.92. The SMILES string of the molecule is COc1ccc(N(C)C(=O)c2ccc3sc(C)nc3c2)cc1. The molecule has 0 saturated carbocycles.